The van der Waals surface area contributed by atoms with Crippen LogP contribution in [0.2, 0.25) is 0 Å². The molecule has 5 nitrogen and oxygen atoms in total. The van der Waals surface area contributed by atoms with Gasteiger partial charge in [0.25, 0.3) is 0 Å². The first-order valence-corrected chi connectivity index (χ1v) is 8.92. The highest BCUT2D eigenvalue weighted by Crippen LogP contribution is 2.26. The van der Waals surface area contributed by atoms with Crippen molar-refractivity contribution in [2.24, 2.45) is 7.05 Å². The minimum Gasteiger partial charge on any atom is -0.352 e. The fourth-order valence-corrected chi connectivity index (χ4v) is 5.09. The quantitative estimate of drug-likeness (QED) is 0.877. The van der Waals surface area contributed by atoms with Gasteiger partial charge in [-0.1, -0.05) is 0 Å². The van der Waals surface area contributed by atoms with Crippen LogP contribution in [-0.4, -0.2) is 48.9 Å². The maximum Gasteiger partial charge on any atom is 0.244 e. The van der Waals surface area contributed by atoms with Gasteiger partial charge in [0.1, 0.15) is 4.90 Å². The second-order valence-electron chi connectivity index (χ2n) is 4.85. The molecule has 0 amide bonds. The second kappa shape index (κ2) is 5.87. The van der Waals surface area contributed by atoms with Crippen LogP contribution in [0.4, 0.5) is 0 Å². The Bertz CT molecular complexity index is 533. The van der Waals surface area contributed by atoms with Crippen molar-refractivity contribution in [1.29, 1.82) is 0 Å². The molecule has 1 aromatic rings. The molecule has 108 valence electrons. The van der Waals surface area contributed by atoms with Crippen molar-refractivity contribution in [3.05, 3.63) is 18.0 Å². The van der Waals surface area contributed by atoms with Crippen LogP contribution < -0.4 is 5.32 Å². The molecule has 0 radical (unpaired) electrons. The van der Waals surface area contributed by atoms with E-state index in [-0.39, 0.29) is 6.04 Å². The van der Waals surface area contributed by atoms with E-state index in [9.17, 15) is 8.42 Å². The molecule has 0 saturated carbocycles. The van der Waals surface area contributed by atoms with Gasteiger partial charge in [0.2, 0.25) is 10.0 Å². The summed E-state index contributed by atoms with van der Waals surface area (Å²) in [6.45, 7) is 0.662. The van der Waals surface area contributed by atoms with E-state index < -0.39 is 10.0 Å². The van der Waals surface area contributed by atoms with Gasteiger partial charge in [-0.25, -0.2) is 8.42 Å². The molecule has 1 aliphatic heterocycles. The smallest absolute Gasteiger partial charge is 0.244 e. The van der Waals surface area contributed by atoms with Gasteiger partial charge in [-0.05, 0) is 25.3 Å². The molecule has 2 heterocycles. The Morgan fingerprint density at radius 2 is 2.32 bits per heavy atom. The number of hydrogen-bond acceptors (Lipinski definition) is 4. The third-order valence-corrected chi connectivity index (χ3v) is 6.56. The fraction of sp³-hybridized carbons (Fsp3) is 0.667. The van der Waals surface area contributed by atoms with E-state index in [1.807, 2.05) is 30.4 Å². The lowest BCUT2D eigenvalue weighted by Gasteiger charge is -2.22. The number of rotatable bonds is 5. The second-order valence-corrected chi connectivity index (χ2v) is 7.99. The normalized spacial score (nSPS) is 20.3. The molecule has 0 bridgehead atoms. The number of hydrogen-bond donors (Lipinski definition) is 1. The Labute approximate surface area is 119 Å². The van der Waals surface area contributed by atoms with Crippen molar-refractivity contribution in [3.63, 3.8) is 0 Å². The van der Waals surface area contributed by atoms with E-state index in [0.29, 0.717) is 11.4 Å². The molecule has 1 atom stereocenters. The highest BCUT2D eigenvalue weighted by Gasteiger charge is 2.31. The monoisotopic (exact) mass is 303 g/mol. The van der Waals surface area contributed by atoms with Crippen molar-refractivity contribution >= 4 is 21.8 Å². The average molecular weight is 303 g/mol. The summed E-state index contributed by atoms with van der Waals surface area (Å²) in [7, 11) is 2.04. The van der Waals surface area contributed by atoms with Crippen LogP contribution in [0, 0.1) is 0 Å². The van der Waals surface area contributed by atoms with Crippen LogP contribution in [0.1, 0.15) is 12.1 Å². The van der Waals surface area contributed by atoms with Crippen molar-refractivity contribution in [1.82, 2.24) is 14.2 Å². The summed E-state index contributed by atoms with van der Waals surface area (Å²) in [6, 6.07) is 1.88. The summed E-state index contributed by atoms with van der Waals surface area (Å²) in [5.41, 5.74) is 0.968. The summed E-state index contributed by atoms with van der Waals surface area (Å²) in [5.74, 6) is 1.94. The first-order valence-electron chi connectivity index (χ1n) is 6.32. The number of thioether (sulfide) groups is 1. The number of nitrogens with zero attached hydrogens (tertiary/aromatic N) is 2. The van der Waals surface area contributed by atoms with Crippen molar-refractivity contribution < 1.29 is 8.42 Å². The first kappa shape index (κ1) is 14.9. The number of sulfonamides is 1. The third-order valence-electron chi connectivity index (χ3n) is 3.54. The predicted octanol–water partition coefficient (Wildman–Crippen LogP) is 0.870. The SMILES string of the molecule is CNCc1cc(S(=O)(=O)N(C)C2CCSC2)cn1C. The zero-order valence-corrected chi connectivity index (χ0v) is 13.2. The van der Waals surface area contributed by atoms with Crippen molar-refractivity contribution in [2.45, 2.75) is 23.9 Å². The standard InChI is InChI=1S/C12H21N3O2S2/c1-13-7-11-6-12(8-14(11)2)19(16,17)15(3)10-4-5-18-9-10/h6,8,10,13H,4-5,7,9H2,1-3H3. The van der Waals surface area contributed by atoms with Gasteiger partial charge in [-0.2, -0.15) is 16.1 Å². The Kier molecular flexibility index (Phi) is 4.60. The lowest BCUT2D eigenvalue weighted by molar-refractivity contribution is 0.394. The lowest BCUT2D eigenvalue weighted by atomic mass is 10.3. The topological polar surface area (TPSA) is 54.3 Å². The summed E-state index contributed by atoms with van der Waals surface area (Å²) >= 11 is 1.82. The highest BCUT2D eigenvalue weighted by atomic mass is 32.2. The predicted molar refractivity (Wildman–Crippen MR) is 78.9 cm³/mol. The van der Waals surface area contributed by atoms with Crippen LogP contribution in [-0.2, 0) is 23.6 Å². The lowest BCUT2D eigenvalue weighted by Crippen LogP contribution is -2.36. The van der Waals surface area contributed by atoms with Crippen LogP contribution in [0.25, 0.3) is 0 Å². The summed E-state index contributed by atoms with van der Waals surface area (Å²) in [6.07, 6.45) is 2.64. The van der Waals surface area contributed by atoms with Crippen LogP contribution >= 0.6 is 11.8 Å². The molecule has 1 N–H and O–H groups in total. The molecule has 19 heavy (non-hydrogen) atoms. The molecule has 7 heteroatoms. The van der Waals surface area contributed by atoms with Gasteiger partial charge in [-0.3, -0.25) is 0 Å². The Morgan fingerprint density at radius 3 is 2.89 bits per heavy atom. The Hall–Kier alpha value is -0.500. The molecule has 0 aromatic carbocycles. The zero-order valence-electron chi connectivity index (χ0n) is 11.6. The Balaban J connectivity index is 2.25. The molecule has 0 aliphatic carbocycles. The van der Waals surface area contributed by atoms with E-state index in [2.05, 4.69) is 5.32 Å². The minimum absolute atomic E-state index is 0.128. The van der Waals surface area contributed by atoms with Gasteiger partial charge in [0.05, 0.1) is 0 Å². The van der Waals surface area contributed by atoms with E-state index in [1.54, 1.807) is 19.3 Å². The fourth-order valence-electron chi connectivity index (χ4n) is 2.25. The van der Waals surface area contributed by atoms with Crippen LogP contribution in [0.15, 0.2) is 17.2 Å². The minimum atomic E-state index is -3.37. The van der Waals surface area contributed by atoms with Crippen LogP contribution in [0.3, 0.4) is 0 Å². The van der Waals surface area contributed by atoms with E-state index in [0.717, 1.165) is 23.6 Å². The molecular formula is C12H21N3O2S2. The molecule has 1 saturated heterocycles. The maximum absolute atomic E-state index is 12.6. The molecule has 1 aromatic heterocycles. The van der Waals surface area contributed by atoms with Crippen LogP contribution in [0.5, 0.6) is 0 Å². The third kappa shape index (κ3) is 2.99. The number of aryl methyl sites for hydroxylation is 1. The van der Waals surface area contributed by atoms with E-state index in [1.165, 1.54) is 4.31 Å². The molecular weight excluding hydrogens is 282 g/mol. The highest BCUT2D eigenvalue weighted by molar-refractivity contribution is 7.99. The van der Waals surface area contributed by atoms with Gasteiger partial charge >= 0.3 is 0 Å². The Morgan fingerprint density at radius 1 is 1.58 bits per heavy atom. The number of aromatic nitrogens is 1. The summed E-state index contributed by atoms with van der Waals surface area (Å²) < 4.78 is 28.5. The molecule has 0 spiro atoms. The first-order chi connectivity index (χ1) is 8.96. The number of nitrogens with one attached hydrogen (secondary N) is 1. The van der Waals surface area contributed by atoms with E-state index >= 15 is 0 Å². The molecule has 2 rings (SSSR count). The summed E-state index contributed by atoms with van der Waals surface area (Å²) in [5, 5.41) is 3.04. The molecule has 1 aliphatic rings. The van der Waals surface area contributed by atoms with Gasteiger partial charge in [0, 0.05) is 44.3 Å². The van der Waals surface area contributed by atoms with E-state index in [4.69, 9.17) is 0 Å². The van der Waals surface area contributed by atoms with Gasteiger partial charge in [0.15, 0.2) is 0 Å². The average Bonchev–Trinajstić information content (AvgIpc) is 2.99. The maximum atomic E-state index is 12.6. The van der Waals surface area contributed by atoms with Crippen molar-refractivity contribution in [3.8, 4) is 0 Å². The zero-order chi connectivity index (χ0) is 14.0. The largest absolute Gasteiger partial charge is 0.352 e. The van der Waals surface area contributed by atoms with Gasteiger partial charge in [-0.15, -0.1) is 0 Å². The summed E-state index contributed by atoms with van der Waals surface area (Å²) in [4.78, 5) is 0.389. The van der Waals surface area contributed by atoms with Gasteiger partial charge < -0.3 is 9.88 Å². The molecule has 1 unspecified atom stereocenters. The molecule has 1 fully saturated rings. The van der Waals surface area contributed by atoms with Crippen molar-refractivity contribution in [2.75, 3.05) is 25.6 Å².